The lowest BCUT2D eigenvalue weighted by molar-refractivity contribution is -0.126. The van der Waals surface area contributed by atoms with Crippen molar-refractivity contribution < 1.29 is 14.4 Å². The van der Waals surface area contributed by atoms with Gasteiger partial charge in [-0.1, -0.05) is 23.9 Å². The van der Waals surface area contributed by atoms with E-state index in [0.717, 1.165) is 17.3 Å². The zero-order valence-corrected chi connectivity index (χ0v) is 14.9. The molecular formula is C18H18N4O3S. The molecule has 2 aliphatic heterocycles. The molecular weight excluding hydrogens is 352 g/mol. The molecule has 0 bridgehead atoms. The lowest BCUT2D eigenvalue weighted by Crippen LogP contribution is -2.41. The molecule has 2 aromatic rings. The highest BCUT2D eigenvalue weighted by Gasteiger charge is 2.40. The molecule has 1 atom stereocenters. The van der Waals surface area contributed by atoms with Gasteiger partial charge in [-0.25, -0.2) is 4.98 Å². The maximum Gasteiger partial charge on any atom is 0.289 e. The number of benzene rings is 1. The summed E-state index contributed by atoms with van der Waals surface area (Å²) in [6.07, 6.45) is 6.02. The van der Waals surface area contributed by atoms with E-state index in [9.17, 15) is 14.4 Å². The Balaban J connectivity index is 1.40. The highest BCUT2D eigenvalue weighted by Crippen LogP contribution is 2.27. The van der Waals surface area contributed by atoms with Crippen LogP contribution in [0, 0.1) is 0 Å². The van der Waals surface area contributed by atoms with Gasteiger partial charge in [0.25, 0.3) is 11.1 Å². The molecule has 7 nitrogen and oxygen atoms in total. The Morgan fingerprint density at radius 2 is 2.04 bits per heavy atom. The van der Waals surface area contributed by atoms with Gasteiger partial charge >= 0.3 is 0 Å². The summed E-state index contributed by atoms with van der Waals surface area (Å²) in [4.78, 5) is 43.5. The van der Waals surface area contributed by atoms with Gasteiger partial charge in [-0.05, 0) is 24.1 Å². The first-order valence-corrected chi connectivity index (χ1v) is 9.43. The Bertz CT molecular complexity index is 819. The summed E-state index contributed by atoms with van der Waals surface area (Å²) in [5.41, 5.74) is 1.71. The van der Waals surface area contributed by atoms with Gasteiger partial charge in [-0.15, -0.1) is 0 Å². The summed E-state index contributed by atoms with van der Waals surface area (Å²) >= 11 is 1.04. The summed E-state index contributed by atoms with van der Waals surface area (Å²) in [7, 11) is 0. The van der Waals surface area contributed by atoms with Crippen molar-refractivity contribution in [3.63, 3.8) is 0 Å². The minimum atomic E-state index is -0.200. The van der Waals surface area contributed by atoms with Crippen molar-refractivity contribution in [2.45, 2.75) is 19.0 Å². The van der Waals surface area contributed by atoms with E-state index in [1.165, 1.54) is 4.90 Å². The maximum atomic E-state index is 12.7. The van der Waals surface area contributed by atoms with Gasteiger partial charge in [0, 0.05) is 37.6 Å². The van der Waals surface area contributed by atoms with E-state index in [4.69, 9.17) is 0 Å². The van der Waals surface area contributed by atoms with Crippen molar-refractivity contribution in [2.24, 2.45) is 0 Å². The van der Waals surface area contributed by atoms with E-state index in [2.05, 4.69) is 4.98 Å². The SMILES string of the molecule is O=C(c1ccc(Cn2ccnc2)cc1)N1CCC(N2C(=O)CSC2=O)C1. The molecule has 3 amide bonds. The fraction of sp³-hybridized carbons (Fsp3) is 0.333. The number of amides is 3. The van der Waals surface area contributed by atoms with Crippen molar-refractivity contribution in [2.75, 3.05) is 18.8 Å². The maximum absolute atomic E-state index is 12.7. The summed E-state index contributed by atoms with van der Waals surface area (Å²) in [6, 6.07) is 7.32. The zero-order valence-electron chi connectivity index (χ0n) is 14.1. The molecule has 2 saturated heterocycles. The number of rotatable bonds is 4. The average molecular weight is 370 g/mol. The molecule has 1 aromatic heterocycles. The van der Waals surface area contributed by atoms with Crippen LogP contribution in [0.5, 0.6) is 0 Å². The summed E-state index contributed by atoms with van der Waals surface area (Å²) in [5.74, 6) is -0.00152. The van der Waals surface area contributed by atoms with Crippen molar-refractivity contribution in [1.29, 1.82) is 0 Å². The Kier molecular flexibility index (Phi) is 4.50. The van der Waals surface area contributed by atoms with Crippen LogP contribution in [0.4, 0.5) is 4.79 Å². The highest BCUT2D eigenvalue weighted by molar-refractivity contribution is 8.14. The minimum Gasteiger partial charge on any atom is -0.336 e. The van der Waals surface area contributed by atoms with Crippen molar-refractivity contribution in [3.05, 3.63) is 54.1 Å². The quantitative estimate of drug-likeness (QED) is 0.821. The second-order valence-corrected chi connectivity index (χ2v) is 7.37. The van der Waals surface area contributed by atoms with Crippen LogP contribution < -0.4 is 0 Å². The van der Waals surface area contributed by atoms with Crippen LogP contribution in [0.2, 0.25) is 0 Å². The summed E-state index contributed by atoms with van der Waals surface area (Å²) in [6.45, 7) is 1.67. The van der Waals surface area contributed by atoms with Gasteiger partial charge in [0.2, 0.25) is 5.91 Å². The Morgan fingerprint density at radius 1 is 1.23 bits per heavy atom. The molecule has 1 unspecified atom stereocenters. The average Bonchev–Trinajstić information content (AvgIpc) is 3.37. The number of carbonyl (C=O) groups is 3. The number of likely N-dealkylation sites (tertiary alicyclic amines) is 1. The number of hydrogen-bond donors (Lipinski definition) is 0. The lowest BCUT2D eigenvalue weighted by Gasteiger charge is -2.22. The molecule has 134 valence electrons. The van der Waals surface area contributed by atoms with Gasteiger partial charge in [0.1, 0.15) is 0 Å². The molecule has 4 rings (SSSR count). The molecule has 2 aliphatic rings. The summed E-state index contributed by atoms with van der Waals surface area (Å²) < 4.78 is 1.96. The predicted octanol–water partition coefficient (Wildman–Crippen LogP) is 1.84. The fourth-order valence-corrected chi connectivity index (χ4v) is 4.16. The number of hydrogen-bond acceptors (Lipinski definition) is 5. The van der Waals surface area contributed by atoms with Crippen LogP contribution in [-0.2, 0) is 11.3 Å². The van der Waals surface area contributed by atoms with Crippen LogP contribution in [0.3, 0.4) is 0 Å². The van der Waals surface area contributed by atoms with Gasteiger partial charge < -0.3 is 9.47 Å². The van der Waals surface area contributed by atoms with E-state index in [1.54, 1.807) is 17.4 Å². The van der Waals surface area contributed by atoms with Crippen LogP contribution in [0.15, 0.2) is 43.0 Å². The minimum absolute atomic E-state index is 0.0616. The van der Waals surface area contributed by atoms with Crippen molar-refractivity contribution in [1.82, 2.24) is 19.4 Å². The third kappa shape index (κ3) is 3.24. The van der Waals surface area contributed by atoms with Gasteiger partial charge in [0.05, 0.1) is 18.1 Å². The van der Waals surface area contributed by atoms with E-state index in [0.29, 0.717) is 31.6 Å². The Morgan fingerprint density at radius 3 is 2.69 bits per heavy atom. The van der Waals surface area contributed by atoms with Gasteiger partial charge in [0.15, 0.2) is 0 Å². The molecule has 3 heterocycles. The van der Waals surface area contributed by atoms with E-state index >= 15 is 0 Å². The molecule has 1 aromatic carbocycles. The van der Waals surface area contributed by atoms with Crippen molar-refractivity contribution >= 4 is 28.8 Å². The lowest BCUT2D eigenvalue weighted by atomic mass is 10.1. The van der Waals surface area contributed by atoms with E-state index in [-0.39, 0.29) is 28.8 Å². The molecule has 0 aliphatic carbocycles. The highest BCUT2D eigenvalue weighted by atomic mass is 32.2. The molecule has 0 radical (unpaired) electrons. The molecule has 26 heavy (non-hydrogen) atoms. The first kappa shape index (κ1) is 16.8. The summed E-state index contributed by atoms with van der Waals surface area (Å²) in [5, 5.41) is -0.196. The number of nitrogens with zero attached hydrogens (tertiary/aromatic N) is 4. The standard InChI is InChI=1S/C18H18N4O3S/c23-16-11-26-18(25)22(16)15-5-7-21(10-15)17(24)14-3-1-13(2-4-14)9-20-8-6-19-12-20/h1-4,6,8,12,15H,5,7,9-11H2. The van der Waals surface area contributed by atoms with Crippen LogP contribution in [0.25, 0.3) is 0 Å². The molecule has 0 saturated carbocycles. The first-order valence-electron chi connectivity index (χ1n) is 8.44. The fourth-order valence-electron chi connectivity index (χ4n) is 3.38. The number of imide groups is 1. The number of aromatic nitrogens is 2. The third-order valence-corrected chi connectivity index (χ3v) is 5.56. The second kappa shape index (κ2) is 6.95. The topological polar surface area (TPSA) is 75.5 Å². The largest absolute Gasteiger partial charge is 0.336 e. The monoisotopic (exact) mass is 370 g/mol. The normalized spacial score (nSPS) is 20.2. The third-order valence-electron chi connectivity index (χ3n) is 4.73. The predicted molar refractivity (Wildman–Crippen MR) is 96.8 cm³/mol. The smallest absolute Gasteiger partial charge is 0.289 e. The second-order valence-electron chi connectivity index (χ2n) is 6.44. The number of thioether (sulfide) groups is 1. The van der Waals surface area contributed by atoms with E-state index < -0.39 is 0 Å². The number of imidazole rings is 1. The van der Waals surface area contributed by atoms with Crippen LogP contribution >= 0.6 is 11.8 Å². The van der Waals surface area contributed by atoms with Crippen molar-refractivity contribution in [3.8, 4) is 0 Å². The number of carbonyl (C=O) groups excluding carboxylic acids is 3. The molecule has 0 N–H and O–H groups in total. The van der Waals surface area contributed by atoms with Crippen LogP contribution in [0.1, 0.15) is 22.3 Å². The Hall–Kier alpha value is -2.61. The zero-order chi connectivity index (χ0) is 18.1. The van der Waals surface area contributed by atoms with Gasteiger partial charge in [-0.2, -0.15) is 0 Å². The molecule has 0 spiro atoms. The van der Waals surface area contributed by atoms with E-state index in [1.807, 2.05) is 35.0 Å². The molecule has 8 heteroatoms. The van der Waals surface area contributed by atoms with Crippen LogP contribution in [-0.4, -0.2) is 61.3 Å². The van der Waals surface area contributed by atoms with Gasteiger partial charge in [-0.3, -0.25) is 19.3 Å². The molecule has 2 fully saturated rings. The first-order chi connectivity index (χ1) is 12.6. The Labute approximate surface area is 155 Å².